The smallest absolute Gasteiger partial charge is 0.239 e. The second kappa shape index (κ2) is 8.21. The average molecular weight is 410 g/mol. The van der Waals surface area contributed by atoms with E-state index in [1.807, 2.05) is 19.1 Å². The number of aryl methyl sites for hydroxylation is 1. The van der Waals surface area contributed by atoms with Gasteiger partial charge in [0.05, 0.1) is 0 Å². The first-order chi connectivity index (χ1) is 12.8. The molecule has 2 amide bonds. The summed E-state index contributed by atoms with van der Waals surface area (Å²) >= 11 is 0. The molecule has 3 N–H and O–H groups in total. The van der Waals surface area contributed by atoms with Crippen LogP contribution in [0.1, 0.15) is 46.1 Å². The summed E-state index contributed by atoms with van der Waals surface area (Å²) in [5, 5.41) is 8.88. The van der Waals surface area contributed by atoms with Gasteiger partial charge in [-0.15, -0.1) is 0 Å². The van der Waals surface area contributed by atoms with Crippen molar-refractivity contribution >= 4 is 27.3 Å². The predicted molar refractivity (Wildman–Crippen MR) is 111 cm³/mol. The van der Waals surface area contributed by atoms with Gasteiger partial charge in [-0.25, -0.2) is 8.42 Å². The van der Waals surface area contributed by atoms with Crippen LogP contribution < -0.4 is 16.0 Å². The zero-order chi connectivity index (χ0) is 21.2. The fraction of sp³-hybridized carbons (Fsp3) is 0.600. The Morgan fingerprint density at radius 3 is 2.04 bits per heavy atom. The molecule has 0 spiro atoms. The first-order valence-electron chi connectivity index (χ1n) is 9.41. The number of hydrogen-bond acceptors (Lipinski definition) is 5. The summed E-state index contributed by atoms with van der Waals surface area (Å²) in [6.07, 6.45) is 1.41. The lowest BCUT2D eigenvalue weighted by Gasteiger charge is -2.46. The highest BCUT2D eigenvalue weighted by atomic mass is 32.2. The lowest BCUT2D eigenvalue weighted by atomic mass is 9.79. The average Bonchev–Trinajstić information content (AvgIpc) is 2.44. The van der Waals surface area contributed by atoms with Gasteiger partial charge in [-0.1, -0.05) is 17.7 Å². The van der Waals surface area contributed by atoms with E-state index in [-0.39, 0.29) is 17.1 Å². The van der Waals surface area contributed by atoms with Crippen LogP contribution in [0, 0.1) is 6.92 Å². The standard InChI is InChI=1S/C20H31N3O4S/c1-14-6-8-15(9-7-14)21-17(24)12-28(26,27)13-18(25)22-16-10-19(2,3)23-20(4,5)11-16/h6-9,16,23H,10-13H2,1-5H3,(H,21,24)(H,22,25). The van der Waals surface area contributed by atoms with E-state index in [1.165, 1.54) is 0 Å². The molecule has 0 saturated carbocycles. The summed E-state index contributed by atoms with van der Waals surface area (Å²) in [5.41, 5.74) is 1.24. The lowest BCUT2D eigenvalue weighted by molar-refractivity contribution is -0.119. The van der Waals surface area contributed by atoms with E-state index in [0.29, 0.717) is 18.5 Å². The molecule has 0 atom stereocenters. The van der Waals surface area contributed by atoms with Crippen LogP contribution in [0.15, 0.2) is 24.3 Å². The molecular formula is C20H31N3O4S. The minimum atomic E-state index is -3.86. The van der Waals surface area contributed by atoms with Crippen LogP contribution in [-0.4, -0.2) is 48.9 Å². The number of hydrogen-bond donors (Lipinski definition) is 3. The van der Waals surface area contributed by atoms with Gasteiger partial charge in [0.25, 0.3) is 0 Å². The zero-order valence-corrected chi connectivity index (χ0v) is 18.1. The number of carbonyl (C=O) groups excluding carboxylic acids is 2. The van der Waals surface area contributed by atoms with E-state index in [4.69, 9.17) is 0 Å². The van der Waals surface area contributed by atoms with Crippen molar-refractivity contribution in [1.82, 2.24) is 10.6 Å². The third kappa shape index (κ3) is 7.24. The molecule has 1 fully saturated rings. The second-order valence-electron chi connectivity index (χ2n) is 9.01. The van der Waals surface area contributed by atoms with Gasteiger partial charge in [-0.3, -0.25) is 9.59 Å². The van der Waals surface area contributed by atoms with Gasteiger partial charge in [0.1, 0.15) is 11.5 Å². The first-order valence-corrected chi connectivity index (χ1v) is 11.2. The highest BCUT2D eigenvalue weighted by Crippen LogP contribution is 2.28. The quantitative estimate of drug-likeness (QED) is 0.664. The predicted octanol–water partition coefficient (Wildman–Crippen LogP) is 1.77. The molecule has 0 unspecified atom stereocenters. The molecule has 1 aliphatic rings. The Labute approximate surface area is 167 Å². The minimum absolute atomic E-state index is 0.115. The maximum Gasteiger partial charge on any atom is 0.239 e. The summed E-state index contributed by atoms with van der Waals surface area (Å²) < 4.78 is 24.5. The summed E-state index contributed by atoms with van der Waals surface area (Å²) in [6.45, 7) is 10.1. The van der Waals surface area contributed by atoms with Crippen molar-refractivity contribution in [2.24, 2.45) is 0 Å². The van der Waals surface area contributed by atoms with Gasteiger partial charge in [-0.05, 0) is 59.6 Å². The molecule has 7 nitrogen and oxygen atoms in total. The van der Waals surface area contributed by atoms with Gasteiger partial charge in [0.15, 0.2) is 9.84 Å². The van der Waals surface area contributed by atoms with Crippen LogP contribution in [0.5, 0.6) is 0 Å². The van der Waals surface area contributed by atoms with Crippen LogP contribution in [-0.2, 0) is 19.4 Å². The Morgan fingerprint density at radius 2 is 1.50 bits per heavy atom. The topological polar surface area (TPSA) is 104 Å². The van der Waals surface area contributed by atoms with E-state index in [0.717, 1.165) is 5.56 Å². The highest BCUT2D eigenvalue weighted by molar-refractivity contribution is 7.92. The van der Waals surface area contributed by atoms with E-state index in [1.54, 1.807) is 12.1 Å². The van der Waals surface area contributed by atoms with Crippen molar-refractivity contribution in [3.05, 3.63) is 29.8 Å². The first kappa shape index (κ1) is 22.4. The van der Waals surface area contributed by atoms with Crippen molar-refractivity contribution in [2.75, 3.05) is 16.8 Å². The SMILES string of the molecule is Cc1ccc(NC(=O)CS(=O)(=O)CC(=O)NC2CC(C)(C)NC(C)(C)C2)cc1. The molecule has 2 rings (SSSR count). The number of anilines is 1. The molecule has 1 aromatic rings. The van der Waals surface area contributed by atoms with E-state index in [9.17, 15) is 18.0 Å². The normalized spacial score (nSPS) is 19.0. The van der Waals surface area contributed by atoms with Gasteiger partial charge < -0.3 is 16.0 Å². The Hall–Kier alpha value is -1.93. The largest absolute Gasteiger partial charge is 0.352 e. The molecule has 28 heavy (non-hydrogen) atoms. The molecule has 156 valence electrons. The highest BCUT2D eigenvalue weighted by Gasteiger charge is 2.38. The van der Waals surface area contributed by atoms with Gasteiger partial charge >= 0.3 is 0 Å². The molecule has 1 heterocycles. The van der Waals surface area contributed by atoms with Crippen LogP contribution >= 0.6 is 0 Å². The molecule has 0 aromatic heterocycles. The Kier molecular flexibility index (Phi) is 6.55. The Bertz CT molecular complexity index is 814. The molecule has 0 aliphatic carbocycles. The van der Waals surface area contributed by atoms with Gasteiger partial charge in [-0.2, -0.15) is 0 Å². The fourth-order valence-corrected chi connectivity index (χ4v) is 5.03. The summed E-state index contributed by atoms with van der Waals surface area (Å²) in [4.78, 5) is 24.3. The maximum atomic E-state index is 12.3. The van der Waals surface area contributed by atoms with E-state index in [2.05, 4.69) is 43.6 Å². The number of sulfone groups is 1. The monoisotopic (exact) mass is 409 g/mol. The third-order valence-corrected chi connectivity index (χ3v) is 6.00. The van der Waals surface area contributed by atoms with Crippen LogP contribution in [0.25, 0.3) is 0 Å². The van der Waals surface area contributed by atoms with Crippen molar-refractivity contribution in [3.63, 3.8) is 0 Å². The third-order valence-electron chi connectivity index (χ3n) is 4.59. The summed E-state index contributed by atoms with van der Waals surface area (Å²) in [7, 11) is -3.86. The minimum Gasteiger partial charge on any atom is -0.352 e. The van der Waals surface area contributed by atoms with Crippen LogP contribution in [0.4, 0.5) is 5.69 Å². The van der Waals surface area contributed by atoms with Crippen LogP contribution in [0.2, 0.25) is 0 Å². The Balaban J connectivity index is 1.89. The molecule has 8 heteroatoms. The number of rotatable bonds is 6. The number of nitrogens with one attached hydrogen (secondary N) is 3. The maximum absolute atomic E-state index is 12.3. The summed E-state index contributed by atoms with van der Waals surface area (Å²) in [5.74, 6) is -2.64. The molecule has 0 bridgehead atoms. The fourth-order valence-electron chi connectivity index (χ4n) is 3.98. The second-order valence-corrected chi connectivity index (χ2v) is 11.1. The lowest BCUT2D eigenvalue weighted by Crippen LogP contribution is -2.62. The molecular weight excluding hydrogens is 378 g/mol. The molecule has 1 saturated heterocycles. The van der Waals surface area contributed by atoms with Crippen molar-refractivity contribution < 1.29 is 18.0 Å². The van der Waals surface area contributed by atoms with Crippen molar-refractivity contribution in [1.29, 1.82) is 0 Å². The van der Waals surface area contributed by atoms with Gasteiger partial charge in [0.2, 0.25) is 11.8 Å². The summed E-state index contributed by atoms with van der Waals surface area (Å²) in [6, 6.07) is 6.93. The number of carbonyl (C=O) groups is 2. The number of piperidine rings is 1. The Morgan fingerprint density at radius 1 is 1.00 bits per heavy atom. The zero-order valence-electron chi connectivity index (χ0n) is 17.3. The van der Waals surface area contributed by atoms with Crippen molar-refractivity contribution in [3.8, 4) is 0 Å². The van der Waals surface area contributed by atoms with Gasteiger partial charge in [0, 0.05) is 22.8 Å². The van der Waals surface area contributed by atoms with Crippen molar-refractivity contribution in [2.45, 2.75) is 64.6 Å². The number of amides is 2. The van der Waals surface area contributed by atoms with E-state index >= 15 is 0 Å². The molecule has 1 aromatic carbocycles. The molecule has 0 radical (unpaired) electrons. The van der Waals surface area contributed by atoms with Crippen LogP contribution in [0.3, 0.4) is 0 Å². The molecule has 1 aliphatic heterocycles. The number of benzene rings is 1. The van der Waals surface area contributed by atoms with E-state index < -0.39 is 33.2 Å².